The van der Waals surface area contributed by atoms with Gasteiger partial charge in [0.15, 0.2) is 0 Å². The van der Waals surface area contributed by atoms with Gasteiger partial charge in [-0.15, -0.1) is 0 Å². The molecule has 0 radical (unpaired) electrons. The number of hydrogen-bond acceptors (Lipinski definition) is 2. The van der Waals surface area contributed by atoms with Crippen LogP contribution in [-0.2, 0) is 0 Å². The van der Waals surface area contributed by atoms with E-state index in [1.165, 1.54) is 0 Å². The predicted molar refractivity (Wildman–Crippen MR) is 132 cm³/mol. The molecule has 4 heteroatoms. The number of carbonyl (C=O) groups is 2. The molecule has 0 saturated carbocycles. The van der Waals surface area contributed by atoms with Gasteiger partial charge >= 0.3 is 0 Å². The maximum atomic E-state index is 13.9. The van der Waals surface area contributed by atoms with Crippen LogP contribution < -0.4 is 5.43 Å². The van der Waals surface area contributed by atoms with Gasteiger partial charge in [-0.2, -0.15) is 0 Å². The summed E-state index contributed by atoms with van der Waals surface area (Å²) < 4.78 is 0. The molecule has 3 aromatic rings. The Hall–Kier alpha value is -3.14. The summed E-state index contributed by atoms with van der Waals surface area (Å²) in [4.78, 5) is 27.2. The first-order chi connectivity index (χ1) is 15.1. The lowest BCUT2D eigenvalue weighted by molar-refractivity contribution is 0.0272. The summed E-state index contributed by atoms with van der Waals surface area (Å²) in [5.41, 5.74) is 5.95. The van der Waals surface area contributed by atoms with E-state index in [-0.39, 0.29) is 23.3 Å². The normalized spacial score (nSPS) is 12.4. The van der Waals surface area contributed by atoms with Gasteiger partial charge in [0.25, 0.3) is 11.8 Å². The number of fused-ring (bicyclic) bond motifs is 1. The Morgan fingerprint density at radius 1 is 0.938 bits per heavy atom. The zero-order valence-corrected chi connectivity index (χ0v) is 20.0. The van der Waals surface area contributed by atoms with Crippen LogP contribution in [0, 0.1) is 19.3 Å². The van der Waals surface area contributed by atoms with E-state index in [1.807, 2.05) is 74.5 Å². The molecule has 2 amide bonds. The number of hydrogen-bond donors (Lipinski definition) is 1. The number of hydrazine groups is 1. The Bertz CT molecular complexity index is 1100. The first kappa shape index (κ1) is 23.5. The highest BCUT2D eigenvalue weighted by Crippen LogP contribution is 2.30. The van der Waals surface area contributed by atoms with Crippen LogP contribution in [0.2, 0.25) is 0 Å². The van der Waals surface area contributed by atoms with Crippen LogP contribution in [0.3, 0.4) is 0 Å². The number of benzene rings is 3. The monoisotopic (exact) mass is 430 g/mol. The minimum Gasteiger partial charge on any atom is -0.267 e. The van der Waals surface area contributed by atoms with Crippen LogP contribution in [0.5, 0.6) is 0 Å². The number of amides is 2. The third-order valence-corrected chi connectivity index (χ3v) is 5.82. The van der Waals surface area contributed by atoms with Crippen LogP contribution in [0.4, 0.5) is 0 Å². The van der Waals surface area contributed by atoms with Crippen molar-refractivity contribution in [2.75, 3.05) is 0 Å². The SMILES string of the molecule is CCC[C@@H](N(NC(=O)c1cc(C)cc(C)c1)C(=O)c1cccc2ccccc12)C(C)(C)C. The Kier molecular flexibility index (Phi) is 7.02. The van der Waals surface area contributed by atoms with Crippen molar-refractivity contribution in [1.82, 2.24) is 10.4 Å². The van der Waals surface area contributed by atoms with E-state index >= 15 is 0 Å². The molecule has 0 aliphatic heterocycles. The molecule has 0 aromatic heterocycles. The summed E-state index contributed by atoms with van der Waals surface area (Å²) >= 11 is 0. The van der Waals surface area contributed by atoms with Crippen molar-refractivity contribution < 1.29 is 9.59 Å². The first-order valence-corrected chi connectivity index (χ1v) is 11.3. The van der Waals surface area contributed by atoms with E-state index in [0.717, 1.165) is 34.7 Å². The summed E-state index contributed by atoms with van der Waals surface area (Å²) in [6, 6.07) is 19.2. The van der Waals surface area contributed by atoms with Gasteiger partial charge in [-0.1, -0.05) is 87.7 Å². The molecule has 32 heavy (non-hydrogen) atoms. The zero-order valence-electron chi connectivity index (χ0n) is 20.0. The van der Waals surface area contributed by atoms with E-state index in [4.69, 9.17) is 0 Å². The molecule has 0 saturated heterocycles. The number of rotatable bonds is 5. The second kappa shape index (κ2) is 9.56. The third kappa shape index (κ3) is 5.18. The molecule has 0 aliphatic rings. The second-order valence-electron chi connectivity index (χ2n) is 9.69. The minimum atomic E-state index is -0.268. The van der Waals surface area contributed by atoms with Crippen molar-refractivity contribution in [1.29, 1.82) is 0 Å². The molecule has 0 fully saturated rings. The smallest absolute Gasteiger partial charge is 0.267 e. The van der Waals surface area contributed by atoms with Crippen LogP contribution in [0.1, 0.15) is 72.4 Å². The molecule has 0 aliphatic carbocycles. The van der Waals surface area contributed by atoms with E-state index in [1.54, 1.807) is 5.01 Å². The van der Waals surface area contributed by atoms with Gasteiger partial charge in [0.1, 0.15) is 0 Å². The third-order valence-electron chi connectivity index (χ3n) is 5.82. The summed E-state index contributed by atoms with van der Waals surface area (Å²) in [5.74, 6) is -0.455. The van der Waals surface area contributed by atoms with E-state index in [0.29, 0.717) is 11.1 Å². The fourth-order valence-corrected chi connectivity index (χ4v) is 4.31. The number of nitrogens with one attached hydrogen (secondary N) is 1. The largest absolute Gasteiger partial charge is 0.273 e. The van der Waals surface area contributed by atoms with Crippen molar-refractivity contribution in [3.05, 3.63) is 82.9 Å². The first-order valence-electron chi connectivity index (χ1n) is 11.3. The lowest BCUT2D eigenvalue weighted by atomic mass is 9.83. The number of carbonyl (C=O) groups excluding carboxylic acids is 2. The van der Waals surface area contributed by atoms with Crippen molar-refractivity contribution in [3.63, 3.8) is 0 Å². The van der Waals surface area contributed by atoms with Gasteiger partial charge < -0.3 is 0 Å². The molecule has 3 aromatic carbocycles. The number of aryl methyl sites for hydroxylation is 2. The molecular weight excluding hydrogens is 396 g/mol. The summed E-state index contributed by atoms with van der Waals surface area (Å²) in [5, 5.41) is 3.46. The minimum absolute atomic E-state index is 0.158. The van der Waals surface area contributed by atoms with E-state index < -0.39 is 0 Å². The van der Waals surface area contributed by atoms with Gasteiger partial charge in [0.2, 0.25) is 0 Å². The molecule has 168 valence electrons. The molecule has 0 bridgehead atoms. The van der Waals surface area contributed by atoms with Gasteiger partial charge in [-0.3, -0.25) is 15.0 Å². The Labute approximate surface area is 191 Å². The lowest BCUT2D eigenvalue weighted by Crippen LogP contribution is -2.56. The maximum absolute atomic E-state index is 13.9. The van der Waals surface area contributed by atoms with Gasteiger partial charge in [-0.05, 0) is 54.7 Å². The average molecular weight is 431 g/mol. The van der Waals surface area contributed by atoms with Crippen molar-refractivity contribution in [3.8, 4) is 0 Å². The van der Waals surface area contributed by atoms with Crippen LogP contribution in [0.15, 0.2) is 60.7 Å². The van der Waals surface area contributed by atoms with Crippen LogP contribution in [0.25, 0.3) is 10.8 Å². The highest BCUT2D eigenvalue weighted by Gasteiger charge is 2.35. The van der Waals surface area contributed by atoms with Crippen molar-refractivity contribution in [2.24, 2.45) is 5.41 Å². The van der Waals surface area contributed by atoms with Crippen LogP contribution in [-0.4, -0.2) is 22.9 Å². The average Bonchev–Trinajstić information content (AvgIpc) is 2.73. The van der Waals surface area contributed by atoms with Crippen LogP contribution >= 0.6 is 0 Å². The highest BCUT2D eigenvalue weighted by atomic mass is 16.2. The molecule has 1 atom stereocenters. The molecule has 0 heterocycles. The standard InChI is InChI=1S/C28H34N2O2/c1-7-11-25(28(4,5)6)30(29-26(31)22-17-19(2)16-20(3)18-22)27(32)24-15-10-13-21-12-8-9-14-23(21)24/h8-10,12-18,25H,7,11H2,1-6H3,(H,29,31)/t25-/m1/s1. The summed E-state index contributed by atoms with van der Waals surface area (Å²) in [7, 11) is 0. The molecule has 3 rings (SSSR count). The zero-order chi connectivity index (χ0) is 23.5. The Morgan fingerprint density at radius 3 is 2.19 bits per heavy atom. The molecular formula is C28H34N2O2. The molecule has 1 N–H and O–H groups in total. The second-order valence-corrected chi connectivity index (χ2v) is 9.69. The van der Waals surface area contributed by atoms with Crippen molar-refractivity contribution >= 4 is 22.6 Å². The maximum Gasteiger partial charge on any atom is 0.273 e. The quantitative estimate of drug-likeness (QED) is 0.472. The van der Waals surface area contributed by atoms with E-state index in [2.05, 4.69) is 33.1 Å². The number of nitrogens with zero attached hydrogens (tertiary/aromatic N) is 1. The van der Waals surface area contributed by atoms with Gasteiger partial charge in [0.05, 0.1) is 6.04 Å². The van der Waals surface area contributed by atoms with E-state index in [9.17, 15) is 9.59 Å². The summed E-state index contributed by atoms with van der Waals surface area (Å²) in [6.07, 6.45) is 1.69. The lowest BCUT2D eigenvalue weighted by Gasteiger charge is -2.40. The highest BCUT2D eigenvalue weighted by molar-refractivity contribution is 6.08. The fourth-order valence-electron chi connectivity index (χ4n) is 4.31. The summed E-state index contributed by atoms with van der Waals surface area (Å²) in [6.45, 7) is 12.4. The van der Waals surface area contributed by atoms with Gasteiger partial charge in [0, 0.05) is 11.1 Å². The molecule has 0 unspecified atom stereocenters. The topological polar surface area (TPSA) is 49.4 Å². The molecule has 0 spiro atoms. The Balaban J connectivity index is 2.07. The predicted octanol–water partition coefficient (Wildman–Crippen LogP) is 6.46. The van der Waals surface area contributed by atoms with Crippen molar-refractivity contribution in [2.45, 2.75) is 60.4 Å². The fraction of sp³-hybridized carbons (Fsp3) is 0.357. The Morgan fingerprint density at radius 2 is 1.56 bits per heavy atom. The molecule has 4 nitrogen and oxygen atoms in total. The van der Waals surface area contributed by atoms with Gasteiger partial charge in [-0.25, -0.2) is 5.01 Å².